The monoisotopic (exact) mass is 333 g/mol. The maximum atomic E-state index is 12.0. The smallest absolute Gasteiger partial charge is 0.306 e. The third-order valence-electron chi connectivity index (χ3n) is 2.74. The van der Waals surface area contributed by atoms with E-state index in [9.17, 15) is 18.0 Å². The Balaban J connectivity index is 2.66. The Morgan fingerprint density at radius 3 is 2.62 bits per heavy atom. The SMILES string of the molecule is COC(=O)CC(C)S(=O)(=O)CC(=O)Nc1cccc(Cl)c1. The molecule has 1 unspecified atom stereocenters. The van der Waals surface area contributed by atoms with Crippen LogP contribution in [0.5, 0.6) is 0 Å². The van der Waals surface area contributed by atoms with E-state index in [1.54, 1.807) is 18.2 Å². The average Bonchev–Trinajstić information content (AvgIpc) is 2.37. The summed E-state index contributed by atoms with van der Waals surface area (Å²) in [5.74, 6) is -2.03. The Morgan fingerprint density at radius 1 is 1.38 bits per heavy atom. The largest absolute Gasteiger partial charge is 0.469 e. The number of nitrogens with one attached hydrogen (secondary N) is 1. The number of sulfone groups is 1. The summed E-state index contributed by atoms with van der Waals surface area (Å²) in [6.45, 7) is 1.36. The van der Waals surface area contributed by atoms with Crippen LogP contribution < -0.4 is 5.32 Å². The molecule has 1 aromatic carbocycles. The molecule has 0 aliphatic carbocycles. The summed E-state index contributed by atoms with van der Waals surface area (Å²) in [6, 6.07) is 6.36. The maximum Gasteiger partial charge on any atom is 0.306 e. The number of amides is 1. The second-order valence-corrected chi connectivity index (χ2v) is 7.31. The first-order valence-corrected chi connectivity index (χ1v) is 8.17. The number of methoxy groups -OCH3 is 1. The Kier molecular flexibility index (Phi) is 6.17. The van der Waals surface area contributed by atoms with E-state index in [0.717, 1.165) is 0 Å². The molecule has 0 aliphatic rings. The van der Waals surface area contributed by atoms with E-state index in [4.69, 9.17) is 11.6 Å². The fourth-order valence-electron chi connectivity index (χ4n) is 1.53. The molecular formula is C13H16ClNO5S. The normalized spacial score (nSPS) is 12.5. The predicted octanol–water partition coefficient (Wildman–Crippen LogP) is 1.64. The van der Waals surface area contributed by atoms with Gasteiger partial charge >= 0.3 is 5.97 Å². The van der Waals surface area contributed by atoms with Crippen molar-refractivity contribution >= 4 is 39.0 Å². The number of carbonyl (C=O) groups excluding carboxylic acids is 2. The number of esters is 1. The Morgan fingerprint density at radius 2 is 2.05 bits per heavy atom. The van der Waals surface area contributed by atoms with E-state index in [0.29, 0.717) is 10.7 Å². The first kappa shape index (κ1) is 17.5. The predicted molar refractivity (Wildman–Crippen MR) is 80.0 cm³/mol. The van der Waals surface area contributed by atoms with Crippen molar-refractivity contribution in [3.05, 3.63) is 29.3 Å². The summed E-state index contributed by atoms with van der Waals surface area (Å²) in [7, 11) is -2.57. The summed E-state index contributed by atoms with van der Waals surface area (Å²) in [5, 5.41) is 1.88. The van der Waals surface area contributed by atoms with Gasteiger partial charge in [-0.2, -0.15) is 0 Å². The third-order valence-corrected chi connectivity index (χ3v) is 5.03. The Labute approximate surface area is 128 Å². The zero-order valence-corrected chi connectivity index (χ0v) is 13.2. The first-order valence-electron chi connectivity index (χ1n) is 6.08. The second-order valence-electron chi connectivity index (χ2n) is 4.46. The summed E-state index contributed by atoms with van der Waals surface area (Å²) in [5.41, 5.74) is 0.406. The Hall–Kier alpha value is -1.60. The highest BCUT2D eigenvalue weighted by molar-refractivity contribution is 7.92. The number of benzene rings is 1. The van der Waals surface area contributed by atoms with Crippen LogP contribution in [0.1, 0.15) is 13.3 Å². The van der Waals surface area contributed by atoms with Crippen molar-refractivity contribution in [3.8, 4) is 0 Å². The van der Waals surface area contributed by atoms with Gasteiger partial charge in [-0.25, -0.2) is 8.42 Å². The fraction of sp³-hybridized carbons (Fsp3) is 0.385. The lowest BCUT2D eigenvalue weighted by molar-refractivity contribution is -0.140. The van der Waals surface area contributed by atoms with E-state index in [-0.39, 0.29) is 6.42 Å². The highest BCUT2D eigenvalue weighted by atomic mass is 35.5. The molecule has 1 atom stereocenters. The quantitative estimate of drug-likeness (QED) is 0.799. The van der Waals surface area contributed by atoms with Crippen LogP contribution in [0.4, 0.5) is 5.69 Å². The van der Waals surface area contributed by atoms with Crippen molar-refractivity contribution in [3.63, 3.8) is 0 Å². The molecule has 1 aromatic rings. The summed E-state index contributed by atoms with van der Waals surface area (Å²) >= 11 is 5.76. The minimum atomic E-state index is -3.74. The van der Waals surface area contributed by atoms with Gasteiger partial charge in [-0.15, -0.1) is 0 Å². The van der Waals surface area contributed by atoms with Crippen LogP contribution in [-0.4, -0.2) is 38.4 Å². The molecule has 0 saturated carbocycles. The standard InChI is InChI=1S/C13H16ClNO5S/c1-9(6-13(17)20-2)21(18,19)8-12(16)15-11-5-3-4-10(14)7-11/h3-5,7,9H,6,8H2,1-2H3,(H,15,16). The van der Waals surface area contributed by atoms with E-state index in [1.165, 1.54) is 20.1 Å². The van der Waals surface area contributed by atoms with E-state index < -0.39 is 32.7 Å². The summed E-state index contributed by atoms with van der Waals surface area (Å²) in [4.78, 5) is 22.8. The van der Waals surface area contributed by atoms with Gasteiger partial charge in [0.2, 0.25) is 5.91 Å². The van der Waals surface area contributed by atoms with Gasteiger partial charge in [-0.3, -0.25) is 9.59 Å². The van der Waals surface area contributed by atoms with Crippen molar-refractivity contribution < 1.29 is 22.7 Å². The molecule has 0 bridgehead atoms. The van der Waals surface area contributed by atoms with Gasteiger partial charge < -0.3 is 10.1 Å². The van der Waals surface area contributed by atoms with Crippen LogP contribution in [0.3, 0.4) is 0 Å². The second kappa shape index (κ2) is 7.42. The number of halogens is 1. The molecule has 0 fully saturated rings. The van der Waals surface area contributed by atoms with Gasteiger partial charge in [0, 0.05) is 10.7 Å². The number of hydrogen-bond donors (Lipinski definition) is 1. The van der Waals surface area contributed by atoms with Gasteiger partial charge in [-0.1, -0.05) is 17.7 Å². The number of hydrogen-bond acceptors (Lipinski definition) is 5. The van der Waals surface area contributed by atoms with Gasteiger partial charge in [-0.05, 0) is 25.1 Å². The molecule has 0 saturated heterocycles. The van der Waals surface area contributed by atoms with Crippen LogP contribution in [0, 0.1) is 0 Å². The molecule has 0 spiro atoms. The molecule has 8 heteroatoms. The van der Waals surface area contributed by atoms with E-state index in [2.05, 4.69) is 10.1 Å². The molecule has 0 aromatic heterocycles. The number of ether oxygens (including phenoxy) is 1. The van der Waals surface area contributed by atoms with Crippen molar-refractivity contribution in [2.24, 2.45) is 0 Å². The average molecular weight is 334 g/mol. The number of carbonyl (C=O) groups is 2. The van der Waals surface area contributed by atoms with Gasteiger partial charge in [0.1, 0.15) is 5.75 Å². The van der Waals surface area contributed by atoms with Crippen molar-refractivity contribution in [1.29, 1.82) is 0 Å². The van der Waals surface area contributed by atoms with Crippen LogP contribution in [-0.2, 0) is 24.2 Å². The van der Waals surface area contributed by atoms with Gasteiger partial charge in [0.25, 0.3) is 0 Å². The van der Waals surface area contributed by atoms with Crippen molar-refractivity contribution in [1.82, 2.24) is 0 Å². The molecule has 116 valence electrons. The molecule has 0 radical (unpaired) electrons. The van der Waals surface area contributed by atoms with Crippen LogP contribution in [0.15, 0.2) is 24.3 Å². The van der Waals surface area contributed by atoms with Gasteiger partial charge in [0.05, 0.1) is 18.8 Å². The molecule has 0 heterocycles. The topological polar surface area (TPSA) is 89.5 Å². The molecule has 0 aliphatic heterocycles. The van der Waals surface area contributed by atoms with Gasteiger partial charge in [0.15, 0.2) is 9.84 Å². The zero-order chi connectivity index (χ0) is 16.0. The van der Waals surface area contributed by atoms with E-state index in [1.807, 2.05) is 0 Å². The molecule has 1 rings (SSSR count). The lowest BCUT2D eigenvalue weighted by atomic mass is 10.3. The molecule has 1 N–H and O–H groups in total. The molecule has 1 amide bonds. The van der Waals surface area contributed by atoms with E-state index >= 15 is 0 Å². The third kappa shape index (κ3) is 5.73. The van der Waals surface area contributed by atoms with Crippen LogP contribution >= 0.6 is 11.6 Å². The first-order chi connectivity index (χ1) is 9.74. The highest BCUT2D eigenvalue weighted by Crippen LogP contribution is 2.15. The lowest BCUT2D eigenvalue weighted by Crippen LogP contribution is -2.31. The number of rotatable bonds is 6. The highest BCUT2D eigenvalue weighted by Gasteiger charge is 2.26. The summed E-state index contributed by atoms with van der Waals surface area (Å²) < 4.78 is 28.3. The molecule has 21 heavy (non-hydrogen) atoms. The maximum absolute atomic E-state index is 12.0. The lowest BCUT2D eigenvalue weighted by Gasteiger charge is -2.12. The minimum absolute atomic E-state index is 0.288. The number of anilines is 1. The molecular weight excluding hydrogens is 318 g/mol. The van der Waals surface area contributed by atoms with Crippen LogP contribution in [0.25, 0.3) is 0 Å². The van der Waals surface area contributed by atoms with Crippen molar-refractivity contribution in [2.45, 2.75) is 18.6 Å². The van der Waals surface area contributed by atoms with Crippen molar-refractivity contribution in [2.75, 3.05) is 18.2 Å². The Bertz CT molecular complexity index is 629. The zero-order valence-electron chi connectivity index (χ0n) is 11.6. The summed E-state index contributed by atoms with van der Waals surface area (Å²) in [6.07, 6.45) is -0.288. The molecule has 6 nitrogen and oxygen atoms in total. The fourth-order valence-corrected chi connectivity index (χ4v) is 2.84. The minimum Gasteiger partial charge on any atom is -0.469 e. The van der Waals surface area contributed by atoms with Crippen LogP contribution in [0.2, 0.25) is 5.02 Å².